The lowest BCUT2D eigenvalue weighted by Crippen LogP contribution is -2.11. The summed E-state index contributed by atoms with van der Waals surface area (Å²) < 4.78 is 21.0. The number of fused-ring (bicyclic) bond motifs is 1. The minimum absolute atomic E-state index is 0.182. The van der Waals surface area contributed by atoms with E-state index in [0.29, 0.717) is 38.6 Å². The first-order chi connectivity index (χ1) is 16.6. The molecule has 0 saturated heterocycles. The molecule has 0 fully saturated rings. The van der Waals surface area contributed by atoms with E-state index >= 15 is 0 Å². The molecule has 3 heterocycles. The zero-order chi connectivity index (χ0) is 23.5. The Labute approximate surface area is 198 Å². The molecule has 0 aliphatic heterocycles. The van der Waals surface area contributed by atoms with Crippen molar-refractivity contribution in [1.29, 1.82) is 0 Å². The first kappa shape index (κ1) is 21.5. The van der Waals surface area contributed by atoms with Crippen LogP contribution in [-0.4, -0.2) is 25.4 Å². The molecule has 0 aliphatic rings. The van der Waals surface area contributed by atoms with Crippen LogP contribution in [0.1, 0.15) is 15.9 Å². The highest BCUT2D eigenvalue weighted by Crippen LogP contribution is 2.32. The second kappa shape index (κ2) is 9.29. The number of ether oxygens (including phenoxy) is 1. The first-order valence-electron chi connectivity index (χ1n) is 10.3. The molecule has 0 aliphatic carbocycles. The third-order valence-corrected chi connectivity index (χ3v) is 5.43. The molecular weight excluding hydrogens is 457 g/mol. The normalized spacial score (nSPS) is 10.9. The topological polar surface area (TPSA) is 81.9 Å². The Bertz CT molecular complexity index is 1490. The van der Waals surface area contributed by atoms with Gasteiger partial charge >= 0.3 is 0 Å². The fourth-order valence-corrected chi connectivity index (χ4v) is 3.73. The predicted molar refractivity (Wildman–Crippen MR) is 127 cm³/mol. The van der Waals surface area contributed by atoms with E-state index in [4.69, 9.17) is 16.3 Å². The van der Waals surface area contributed by atoms with Gasteiger partial charge in [-0.05, 0) is 48.0 Å². The molecule has 0 radical (unpaired) electrons. The molecule has 0 atom stereocenters. The quantitative estimate of drug-likeness (QED) is 0.355. The summed E-state index contributed by atoms with van der Waals surface area (Å²) in [7, 11) is 0. The van der Waals surface area contributed by atoms with E-state index in [0.717, 1.165) is 5.69 Å². The van der Waals surface area contributed by atoms with Gasteiger partial charge in [0.2, 0.25) is 0 Å². The number of carbonyl (C=O) groups is 1. The van der Waals surface area contributed by atoms with Crippen molar-refractivity contribution in [2.45, 2.75) is 6.61 Å². The van der Waals surface area contributed by atoms with E-state index in [1.165, 1.54) is 18.5 Å². The maximum atomic E-state index is 13.4. The van der Waals surface area contributed by atoms with Crippen molar-refractivity contribution in [3.8, 4) is 11.4 Å². The van der Waals surface area contributed by atoms with Gasteiger partial charge in [-0.15, -0.1) is 0 Å². The number of amides is 1. The number of nitrogens with one attached hydrogen (secondary N) is 1. The van der Waals surface area contributed by atoms with Crippen molar-refractivity contribution in [1.82, 2.24) is 19.5 Å². The summed E-state index contributed by atoms with van der Waals surface area (Å²) in [5.74, 6) is -0.132. The van der Waals surface area contributed by atoms with E-state index in [2.05, 4.69) is 20.3 Å². The van der Waals surface area contributed by atoms with E-state index in [1.54, 1.807) is 65.8 Å². The Hall–Kier alpha value is -4.30. The summed E-state index contributed by atoms with van der Waals surface area (Å²) in [6, 6.07) is 14.8. The summed E-state index contributed by atoms with van der Waals surface area (Å²) in [6.45, 7) is 0.182. The second-order valence-corrected chi connectivity index (χ2v) is 7.80. The highest BCUT2D eigenvalue weighted by Gasteiger charge is 2.15. The minimum atomic E-state index is -0.323. The lowest BCUT2D eigenvalue weighted by molar-refractivity contribution is 0.102. The average molecular weight is 474 g/mol. The third-order valence-electron chi connectivity index (χ3n) is 5.14. The van der Waals surface area contributed by atoms with Gasteiger partial charge in [-0.2, -0.15) is 0 Å². The Balaban J connectivity index is 1.42. The zero-order valence-electron chi connectivity index (χ0n) is 17.7. The standard InChI is InChI=1S/C25H17ClFN5O2/c26-21-11-19(4-5-23(21)34-14-16-2-1-3-18(27)10-16)32-13-22(20-12-29-15-30-24(20)32)31-25(33)17-6-8-28-9-7-17/h1-13,15H,14H2,(H,31,33). The fourth-order valence-electron chi connectivity index (χ4n) is 3.50. The number of pyridine rings is 1. The molecule has 2 aromatic carbocycles. The van der Waals surface area contributed by atoms with Crippen LogP contribution in [0.4, 0.5) is 10.1 Å². The number of hydrogen-bond acceptors (Lipinski definition) is 5. The Morgan fingerprint density at radius 2 is 1.94 bits per heavy atom. The van der Waals surface area contributed by atoms with Crippen LogP contribution in [0.15, 0.2) is 85.7 Å². The molecule has 3 aromatic heterocycles. The van der Waals surface area contributed by atoms with Crippen LogP contribution in [0.3, 0.4) is 0 Å². The monoisotopic (exact) mass is 473 g/mol. The molecule has 7 nitrogen and oxygen atoms in total. The van der Waals surface area contributed by atoms with Gasteiger partial charge in [-0.25, -0.2) is 14.4 Å². The fraction of sp³-hybridized carbons (Fsp3) is 0.0400. The van der Waals surface area contributed by atoms with Crippen LogP contribution in [0.5, 0.6) is 5.75 Å². The van der Waals surface area contributed by atoms with Crippen LogP contribution in [0, 0.1) is 5.82 Å². The number of hydrogen-bond donors (Lipinski definition) is 1. The van der Waals surface area contributed by atoms with E-state index < -0.39 is 0 Å². The zero-order valence-corrected chi connectivity index (χ0v) is 18.4. The van der Waals surface area contributed by atoms with Crippen LogP contribution in [-0.2, 0) is 6.61 Å². The van der Waals surface area contributed by atoms with Crippen LogP contribution < -0.4 is 10.1 Å². The third kappa shape index (κ3) is 4.44. The SMILES string of the molecule is O=C(Nc1cn(-c2ccc(OCc3cccc(F)c3)c(Cl)c2)c2ncncc12)c1ccncc1. The molecule has 5 rings (SSSR count). The molecule has 168 valence electrons. The number of aromatic nitrogens is 4. The summed E-state index contributed by atoms with van der Waals surface area (Å²) in [4.78, 5) is 25.1. The molecule has 0 saturated carbocycles. The number of rotatable bonds is 6. The van der Waals surface area contributed by atoms with Crippen molar-refractivity contribution in [3.63, 3.8) is 0 Å². The Morgan fingerprint density at radius 1 is 1.09 bits per heavy atom. The van der Waals surface area contributed by atoms with E-state index in [1.807, 2.05) is 6.07 Å². The number of nitrogens with zero attached hydrogens (tertiary/aromatic N) is 4. The highest BCUT2D eigenvalue weighted by atomic mass is 35.5. The molecule has 9 heteroatoms. The summed E-state index contributed by atoms with van der Waals surface area (Å²) in [6.07, 6.45) is 7.95. The van der Waals surface area contributed by atoms with Crippen molar-refractivity contribution < 1.29 is 13.9 Å². The lowest BCUT2D eigenvalue weighted by atomic mass is 10.2. The Kier molecular flexibility index (Phi) is 5.88. The van der Waals surface area contributed by atoms with Crippen LogP contribution in [0.2, 0.25) is 5.02 Å². The second-order valence-electron chi connectivity index (χ2n) is 7.40. The van der Waals surface area contributed by atoms with E-state index in [9.17, 15) is 9.18 Å². The number of halogens is 2. The van der Waals surface area contributed by atoms with Gasteiger partial charge in [0, 0.05) is 36.0 Å². The Morgan fingerprint density at radius 3 is 2.74 bits per heavy atom. The van der Waals surface area contributed by atoms with Crippen molar-refractivity contribution in [2.75, 3.05) is 5.32 Å². The summed E-state index contributed by atoms with van der Waals surface area (Å²) in [5, 5.41) is 3.96. The number of anilines is 1. The highest BCUT2D eigenvalue weighted by molar-refractivity contribution is 6.32. The molecular formula is C25H17ClFN5O2. The van der Waals surface area contributed by atoms with Crippen molar-refractivity contribution >= 4 is 34.2 Å². The molecule has 5 aromatic rings. The number of benzene rings is 2. The molecule has 0 bridgehead atoms. The molecule has 1 amide bonds. The predicted octanol–water partition coefficient (Wildman–Crippen LogP) is 5.44. The van der Waals surface area contributed by atoms with Gasteiger partial charge < -0.3 is 10.1 Å². The van der Waals surface area contributed by atoms with Crippen molar-refractivity contribution in [3.05, 3.63) is 108 Å². The van der Waals surface area contributed by atoms with Crippen LogP contribution in [0.25, 0.3) is 16.7 Å². The maximum absolute atomic E-state index is 13.4. The van der Waals surface area contributed by atoms with Crippen LogP contribution >= 0.6 is 11.6 Å². The average Bonchev–Trinajstić information content (AvgIpc) is 3.22. The van der Waals surface area contributed by atoms with Gasteiger partial charge in [0.15, 0.2) is 0 Å². The molecule has 0 spiro atoms. The first-order valence-corrected chi connectivity index (χ1v) is 10.7. The molecule has 0 unspecified atom stereocenters. The molecule has 34 heavy (non-hydrogen) atoms. The lowest BCUT2D eigenvalue weighted by Gasteiger charge is -2.11. The smallest absolute Gasteiger partial charge is 0.255 e. The molecule has 1 N–H and O–H groups in total. The van der Waals surface area contributed by atoms with Gasteiger partial charge in [0.25, 0.3) is 5.91 Å². The van der Waals surface area contributed by atoms with E-state index in [-0.39, 0.29) is 18.3 Å². The summed E-state index contributed by atoms with van der Waals surface area (Å²) in [5.41, 5.74) is 3.05. The van der Waals surface area contributed by atoms with Gasteiger partial charge in [0.1, 0.15) is 30.1 Å². The summed E-state index contributed by atoms with van der Waals surface area (Å²) >= 11 is 6.48. The maximum Gasteiger partial charge on any atom is 0.255 e. The largest absolute Gasteiger partial charge is 0.487 e. The van der Waals surface area contributed by atoms with Gasteiger partial charge in [-0.3, -0.25) is 14.3 Å². The van der Waals surface area contributed by atoms with Crippen molar-refractivity contribution in [2.24, 2.45) is 0 Å². The van der Waals surface area contributed by atoms with Gasteiger partial charge in [-0.1, -0.05) is 23.7 Å². The number of carbonyl (C=O) groups excluding carboxylic acids is 1. The minimum Gasteiger partial charge on any atom is -0.487 e. The van der Waals surface area contributed by atoms with Gasteiger partial charge in [0.05, 0.1) is 16.1 Å².